The van der Waals surface area contributed by atoms with Gasteiger partial charge in [0.25, 0.3) is 0 Å². The maximum atomic E-state index is 12.0. The number of amides is 1. The minimum atomic E-state index is -0.485. The van der Waals surface area contributed by atoms with Crippen LogP contribution in [0.15, 0.2) is 18.2 Å². The van der Waals surface area contributed by atoms with Gasteiger partial charge in [-0.25, -0.2) is 4.79 Å². The molecule has 1 aromatic rings. The smallest absolute Gasteiger partial charge is 0.410 e. The number of nitro benzene ring substituents is 1. The number of carbonyl (C=O) groups excluding carboxylic acids is 1. The van der Waals surface area contributed by atoms with Crippen molar-refractivity contribution >= 4 is 17.5 Å². The molecule has 1 amide bonds. The molecule has 1 spiro atoms. The van der Waals surface area contributed by atoms with Gasteiger partial charge in [0.1, 0.15) is 5.60 Å². The van der Waals surface area contributed by atoms with Crippen molar-refractivity contribution in [3.05, 3.63) is 28.3 Å². The van der Waals surface area contributed by atoms with Crippen molar-refractivity contribution in [2.45, 2.75) is 26.4 Å². The van der Waals surface area contributed by atoms with Crippen LogP contribution in [0.2, 0.25) is 0 Å². The Morgan fingerprint density at radius 1 is 1.24 bits per heavy atom. The largest absolute Gasteiger partial charge is 0.490 e. The maximum Gasteiger partial charge on any atom is 0.410 e. The second-order valence-corrected chi connectivity index (χ2v) is 7.81. The van der Waals surface area contributed by atoms with Gasteiger partial charge in [-0.1, -0.05) is 0 Å². The summed E-state index contributed by atoms with van der Waals surface area (Å²) < 4.78 is 10.5. The molecule has 136 valence electrons. The number of hydrogen-bond donors (Lipinski definition) is 0. The summed E-state index contributed by atoms with van der Waals surface area (Å²) in [5, 5.41) is 11.0. The van der Waals surface area contributed by atoms with Crippen molar-refractivity contribution < 1.29 is 19.2 Å². The van der Waals surface area contributed by atoms with Crippen LogP contribution in [-0.4, -0.2) is 54.8 Å². The number of nitrogens with zero attached hydrogens (tertiary/aromatic N) is 3. The van der Waals surface area contributed by atoms with E-state index in [1.54, 1.807) is 17.0 Å². The highest BCUT2D eigenvalue weighted by Gasteiger charge is 2.54. The van der Waals surface area contributed by atoms with Gasteiger partial charge < -0.3 is 19.3 Å². The number of likely N-dealkylation sites (tertiary alicyclic amines) is 1. The first kappa shape index (κ1) is 17.3. The van der Waals surface area contributed by atoms with E-state index in [1.807, 2.05) is 20.8 Å². The predicted molar refractivity (Wildman–Crippen MR) is 92.1 cm³/mol. The van der Waals surface area contributed by atoms with Crippen LogP contribution < -0.4 is 9.64 Å². The van der Waals surface area contributed by atoms with Crippen LogP contribution in [0.25, 0.3) is 0 Å². The van der Waals surface area contributed by atoms with Crippen LogP contribution in [0.3, 0.4) is 0 Å². The van der Waals surface area contributed by atoms with E-state index < -0.39 is 10.5 Å². The van der Waals surface area contributed by atoms with Crippen LogP contribution >= 0.6 is 0 Å². The summed E-state index contributed by atoms with van der Waals surface area (Å²) >= 11 is 0. The molecule has 8 nitrogen and oxygen atoms in total. The van der Waals surface area contributed by atoms with Crippen LogP contribution in [0, 0.1) is 15.5 Å². The Kier molecular flexibility index (Phi) is 4.01. The van der Waals surface area contributed by atoms with E-state index >= 15 is 0 Å². The molecule has 2 heterocycles. The summed E-state index contributed by atoms with van der Waals surface area (Å²) in [5.74, 6) is 0.257. The molecule has 1 aromatic carbocycles. The Morgan fingerprint density at radius 2 is 1.88 bits per heavy atom. The van der Waals surface area contributed by atoms with Gasteiger partial charge in [0.05, 0.1) is 12.0 Å². The van der Waals surface area contributed by atoms with E-state index in [2.05, 4.69) is 4.90 Å². The lowest BCUT2D eigenvalue weighted by atomic mass is 9.73. The highest BCUT2D eigenvalue weighted by atomic mass is 16.6. The molecular formula is C17H23N3O5. The molecule has 2 fully saturated rings. The molecule has 2 aliphatic heterocycles. The lowest BCUT2D eigenvalue weighted by Gasteiger charge is -2.60. The normalized spacial score (nSPS) is 18.4. The predicted octanol–water partition coefficient (Wildman–Crippen LogP) is 2.66. The summed E-state index contributed by atoms with van der Waals surface area (Å²) in [6.45, 7) is 8.56. The maximum absolute atomic E-state index is 12.0. The number of anilines is 1. The molecule has 0 aromatic heterocycles. The quantitative estimate of drug-likeness (QED) is 0.616. The lowest BCUT2D eigenvalue weighted by molar-refractivity contribution is -0.385. The highest BCUT2D eigenvalue weighted by molar-refractivity contribution is 5.70. The third-order valence-electron chi connectivity index (χ3n) is 4.48. The van der Waals surface area contributed by atoms with Crippen molar-refractivity contribution in [3.8, 4) is 5.75 Å². The molecular weight excluding hydrogens is 326 g/mol. The zero-order valence-electron chi connectivity index (χ0n) is 14.9. The third-order valence-corrected chi connectivity index (χ3v) is 4.48. The molecule has 3 rings (SSSR count). The molecule has 2 saturated heterocycles. The summed E-state index contributed by atoms with van der Waals surface area (Å²) in [6, 6.07) is 4.89. The molecule has 8 heteroatoms. The Morgan fingerprint density at radius 3 is 2.40 bits per heavy atom. The van der Waals surface area contributed by atoms with Crippen molar-refractivity contribution in [1.82, 2.24) is 4.90 Å². The highest BCUT2D eigenvalue weighted by Crippen LogP contribution is 2.43. The number of nitro groups is 1. The van der Waals surface area contributed by atoms with Gasteiger partial charge in [-0.15, -0.1) is 0 Å². The molecule has 0 radical (unpaired) electrons. The molecule has 0 atom stereocenters. The van der Waals surface area contributed by atoms with E-state index in [1.165, 1.54) is 13.2 Å². The fourth-order valence-electron chi connectivity index (χ4n) is 3.38. The standard InChI is InChI=1S/C17H23N3O5/c1-16(2,3)25-15(21)19-10-17(11-19)8-18(9-17)12-5-6-13(20(22)23)14(7-12)24-4/h5-7H,8-11H2,1-4H3. The van der Waals surface area contributed by atoms with Crippen LogP contribution in [0.1, 0.15) is 20.8 Å². The van der Waals surface area contributed by atoms with Gasteiger partial charge in [0, 0.05) is 49.4 Å². The first-order valence-corrected chi connectivity index (χ1v) is 8.18. The summed E-state index contributed by atoms with van der Waals surface area (Å²) in [7, 11) is 1.42. The van der Waals surface area contributed by atoms with Crippen molar-refractivity contribution in [2.24, 2.45) is 5.41 Å². The second-order valence-electron chi connectivity index (χ2n) is 7.81. The van der Waals surface area contributed by atoms with Crippen LogP contribution in [-0.2, 0) is 4.74 Å². The minimum absolute atomic E-state index is 0.0405. The van der Waals surface area contributed by atoms with E-state index in [0.717, 1.165) is 18.8 Å². The van der Waals surface area contributed by atoms with Gasteiger partial charge >= 0.3 is 11.8 Å². The Labute approximate surface area is 146 Å². The molecule has 2 aliphatic rings. The zero-order chi connectivity index (χ0) is 18.4. The van der Waals surface area contributed by atoms with Crippen LogP contribution in [0.5, 0.6) is 5.75 Å². The Bertz CT molecular complexity index is 699. The van der Waals surface area contributed by atoms with Crippen LogP contribution in [0.4, 0.5) is 16.2 Å². The van der Waals surface area contributed by atoms with E-state index in [9.17, 15) is 14.9 Å². The molecule has 0 N–H and O–H groups in total. The van der Waals surface area contributed by atoms with Gasteiger partial charge in [-0.2, -0.15) is 0 Å². The molecule has 0 bridgehead atoms. The van der Waals surface area contributed by atoms with Gasteiger partial charge in [0.2, 0.25) is 0 Å². The van der Waals surface area contributed by atoms with Gasteiger partial charge in [-0.05, 0) is 26.8 Å². The monoisotopic (exact) mass is 349 g/mol. The van der Waals surface area contributed by atoms with Gasteiger partial charge in [0.15, 0.2) is 5.75 Å². The van der Waals surface area contributed by atoms with E-state index in [0.29, 0.717) is 13.1 Å². The van der Waals surface area contributed by atoms with Crippen molar-refractivity contribution in [1.29, 1.82) is 0 Å². The molecule has 0 unspecified atom stereocenters. The fraction of sp³-hybridized carbons (Fsp3) is 0.588. The van der Waals surface area contributed by atoms with E-state index in [-0.39, 0.29) is 22.9 Å². The Hall–Kier alpha value is -2.51. The first-order chi connectivity index (χ1) is 11.6. The average molecular weight is 349 g/mol. The number of carbonyl (C=O) groups is 1. The summed E-state index contributed by atoms with van der Waals surface area (Å²) in [5.41, 5.74) is 0.470. The van der Waals surface area contributed by atoms with Crippen molar-refractivity contribution in [3.63, 3.8) is 0 Å². The SMILES string of the molecule is COc1cc(N2CC3(CN(C(=O)OC(C)(C)C)C3)C2)ccc1[N+](=O)[O-]. The van der Waals surface area contributed by atoms with Gasteiger partial charge in [-0.3, -0.25) is 10.1 Å². The number of ether oxygens (including phenoxy) is 2. The number of benzene rings is 1. The fourth-order valence-corrected chi connectivity index (χ4v) is 3.38. The van der Waals surface area contributed by atoms with E-state index in [4.69, 9.17) is 9.47 Å². The van der Waals surface area contributed by atoms with Crippen molar-refractivity contribution in [2.75, 3.05) is 38.2 Å². The Balaban J connectivity index is 1.57. The lowest BCUT2D eigenvalue weighted by Crippen LogP contribution is -2.73. The third kappa shape index (κ3) is 3.33. The number of methoxy groups -OCH3 is 1. The number of hydrogen-bond acceptors (Lipinski definition) is 6. The minimum Gasteiger partial charge on any atom is -0.490 e. The molecule has 0 saturated carbocycles. The number of rotatable bonds is 3. The average Bonchev–Trinajstić information content (AvgIpc) is 2.41. The topological polar surface area (TPSA) is 85.2 Å². The zero-order valence-corrected chi connectivity index (χ0v) is 14.9. The first-order valence-electron chi connectivity index (χ1n) is 8.18. The second kappa shape index (κ2) is 5.79. The molecule has 0 aliphatic carbocycles. The summed E-state index contributed by atoms with van der Waals surface area (Å²) in [4.78, 5) is 26.4. The molecule has 25 heavy (non-hydrogen) atoms. The summed E-state index contributed by atoms with van der Waals surface area (Å²) in [6.07, 6.45) is -0.270.